The monoisotopic (exact) mass is 346 g/mol. The first-order chi connectivity index (χ1) is 12.8. The van der Waals surface area contributed by atoms with Crippen molar-refractivity contribution in [3.63, 3.8) is 0 Å². The molecule has 0 saturated carbocycles. The highest BCUT2D eigenvalue weighted by Crippen LogP contribution is 2.32. The van der Waals surface area contributed by atoms with Gasteiger partial charge in [0.2, 0.25) is 5.78 Å². The molecular formula is C19H18N6O. The molecule has 0 radical (unpaired) electrons. The molecule has 0 aliphatic carbocycles. The molecule has 1 aliphatic rings. The van der Waals surface area contributed by atoms with Gasteiger partial charge in [0.05, 0.1) is 17.3 Å². The summed E-state index contributed by atoms with van der Waals surface area (Å²) in [5, 5.41) is 8.10. The maximum atomic E-state index is 13.3. The normalized spacial score (nSPS) is 17.8. The van der Waals surface area contributed by atoms with Gasteiger partial charge in [-0.05, 0) is 31.4 Å². The third-order valence-electron chi connectivity index (χ3n) is 5.06. The molecule has 7 nitrogen and oxygen atoms in total. The summed E-state index contributed by atoms with van der Waals surface area (Å²) >= 11 is 0. The van der Waals surface area contributed by atoms with Crippen molar-refractivity contribution >= 4 is 22.6 Å². The Hall–Kier alpha value is -3.22. The molecule has 1 saturated heterocycles. The van der Waals surface area contributed by atoms with E-state index in [0.29, 0.717) is 18.0 Å². The number of nitrogens with one attached hydrogen (secondary N) is 1. The Labute approximate surface area is 149 Å². The first-order valence-electron chi connectivity index (χ1n) is 8.85. The van der Waals surface area contributed by atoms with E-state index in [-0.39, 0.29) is 11.9 Å². The number of carbonyl (C=O) groups excluding carboxylic acids is 1. The Bertz CT molecular complexity index is 1100. The van der Waals surface area contributed by atoms with E-state index in [4.69, 9.17) is 0 Å². The van der Waals surface area contributed by atoms with E-state index in [9.17, 15) is 4.79 Å². The fourth-order valence-corrected chi connectivity index (χ4v) is 3.75. The lowest BCUT2D eigenvalue weighted by molar-refractivity contribution is 0.0602. The van der Waals surface area contributed by atoms with Crippen LogP contribution in [0.25, 0.3) is 16.7 Å². The number of aromatic amines is 1. The molecule has 1 N–H and O–H groups in total. The van der Waals surface area contributed by atoms with Crippen molar-refractivity contribution in [2.45, 2.75) is 25.3 Å². The molecule has 0 unspecified atom stereocenters. The van der Waals surface area contributed by atoms with Crippen LogP contribution < -0.4 is 0 Å². The summed E-state index contributed by atoms with van der Waals surface area (Å²) in [6.45, 7) is 0.714. The van der Waals surface area contributed by atoms with Crippen molar-refractivity contribution in [3.05, 3.63) is 60.3 Å². The van der Waals surface area contributed by atoms with Crippen LogP contribution in [0.1, 0.15) is 41.5 Å². The number of piperidine rings is 1. The number of fused-ring (bicyclic) bond motifs is 2. The molecule has 3 aromatic heterocycles. The number of hydrogen-bond donors (Lipinski definition) is 1. The van der Waals surface area contributed by atoms with Gasteiger partial charge in [-0.3, -0.25) is 14.3 Å². The van der Waals surface area contributed by atoms with Gasteiger partial charge in [0.25, 0.3) is 5.91 Å². The van der Waals surface area contributed by atoms with E-state index >= 15 is 0 Å². The zero-order valence-corrected chi connectivity index (χ0v) is 14.2. The van der Waals surface area contributed by atoms with Gasteiger partial charge in [0, 0.05) is 30.5 Å². The number of amides is 1. The van der Waals surface area contributed by atoms with Crippen molar-refractivity contribution in [3.8, 4) is 0 Å². The highest BCUT2D eigenvalue weighted by molar-refractivity contribution is 6.04. The summed E-state index contributed by atoms with van der Waals surface area (Å²) in [5.74, 6) is 0.614. The van der Waals surface area contributed by atoms with Gasteiger partial charge in [-0.1, -0.05) is 18.2 Å². The molecule has 7 heteroatoms. The molecule has 4 heterocycles. The average Bonchev–Trinajstić information content (AvgIpc) is 3.33. The average molecular weight is 346 g/mol. The molecule has 1 atom stereocenters. The molecule has 1 aliphatic heterocycles. The SMILES string of the molecule is O=C(c1n[nH]c2ccccc12)N1CCCC[C@H]1c1ccn2ccnc2n1. The van der Waals surface area contributed by atoms with Crippen molar-refractivity contribution in [2.24, 2.45) is 0 Å². The molecule has 5 rings (SSSR count). The van der Waals surface area contributed by atoms with Gasteiger partial charge >= 0.3 is 0 Å². The number of imidazole rings is 1. The third kappa shape index (κ3) is 2.35. The smallest absolute Gasteiger partial charge is 0.275 e. The quantitative estimate of drug-likeness (QED) is 0.605. The minimum Gasteiger partial charge on any atom is -0.329 e. The zero-order chi connectivity index (χ0) is 17.5. The van der Waals surface area contributed by atoms with Crippen LogP contribution in [0.3, 0.4) is 0 Å². The van der Waals surface area contributed by atoms with Crippen LogP contribution in [0.4, 0.5) is 0 Å². The summed E-state index contributed by atoms with van der Waals surface area (Å²) in [6, 6.07) is 9.65. The van der Waals surface area contributed by atoms with Crippen LogP contribution in [0.15, 0.2) is 48.9 Å². The summed E-state index contributed by atoms with van der Waals surface area (Å²) in [6.07, 6.45) is 8.52. The lowest BCUT2D eigenvalue weighted by atomic mass is 9.98. The van der Waals surface area contributed by atoms with Crippen LogP contribution in [0.2, 0.25) is 0 Å². The maximum absolute atomic E-state index is 13.3. The molecule has 1 fully saturated rings. The lowest BCUT2D eigenvalue weighted by Gasteiger charge is -2.35. The highest BCUT2D eigenvalue weighted by atomic mass is 16.2. The van der Waals surface area contributed by atoms with Gasteiger partial charge in [-0.2, -0.15) is 5.10 Å². The number of benzene rings is 1. The minimum atomic E-state index is -0.0478. The number of para-hydroxylation sites is 1. The Morgan fingerprint density at radius 1 is 1.15 bits per heavy atom. The number of hydrogen-bond acceptors (Lipinski definition) is 4. The fourth-order valence-electron chi connectivity index (χ4n) is 3.75. The third-order valence-corrected chi connectivity index (χ3v) is 5.06. The standard InChI is InChI=1S/C19H18N6O/c26-18(17-13-5-1-2-6-14(13)22-23-17)25-10-4-3-7-16(25)15-8-11-24-12-9-20-19(24)21-15/h1-2,5-6,8-9,11-12,16H,3-4,7,10H2,(H,22,23)/t16-/m0/s1. The number of aromatic nitrogens is 5. The van der Waals surface area contributed by atoms with Gasteiger partial charge in [-0.25, -0.2) is 9.97 Å². The first kappa shape index (κ1) is 15.1. The minimum absolute atomic E-state index is 0.0443. The lowest BCUT2D eigenvalue weighted by Crippen LogP contribution is -2.39. The van der Waals surface area contributed by atoms with Crippen LogP contribution >= 0.6 is 0 Å². The van der Waals surface area contributed by atoms with Gasteiger partial charge in [0.15, 0.2) is 5.69 Å². The van der Waals surface area contributed by atoms with E-state index in [1.807, 2.05) is 52.0 Å². The summed E-state index contributed by atoms with van der Waals surface area (Å²) in [4.78, 5) is 24.1. The molecular weight excluding hydrogens is 328 g/mol. The largest absolute Gasteiger partial charge is 0.329 e. The van der Waals surface area contributed by atoms with Crippen molar-refractivity contribution < 1.29 is 4.79 Å². The predicted molar refractivity (Wildman–Crippen MR) is 96.7 cm³/mol. The second kappa shape index (κ2) is 5.94. The molecule has 130 valence electrons. The van der Waals surface area contributed by atoms with E-state index in [1.54, 1.807) is 6.20 Å². The number of nitrogens with zero attached hydrogens (tertiary/aromatic N) is 5. The van der Waals surface area contributed by atoms with E-state index in [2.05, 4.69) is 20.2 Å². The van der Waals surface area contributed by atoms with Gasteiger partial charge in [-0.15, -0.1) is 0 Å². The molecule has 26 heavy (non-hydrogen) atoms. The molecule has 1 amide bonds. The number of rotatable bonds is 2. The Morgan fingerprint density at radius 2 is 2.08 bits per heavy atom. The van der Waals surface area contributed by atoms with Crippen LogP contribution in [0.5, 0.6) is 0 Å². The second-order valence-electron chi connectivity index (χ2n) is 6.61. The molecule has 1 aromatic carbocycles. The summed E-state index contributed by atoms with van der Waals surface area (Å²) < 4.78 is 1.87. The number of H-pyrrole nitrogens is 1. The molecule has 4 aromatic rings. The zero-order valence-electron chi connectivity index (χ0n) is 14.2. The van der Waals surface area contributed by atoms with E-state index in [1.165, 1.54) is 0 Å². The Kier molecular flexibility index (Phi) is 3.44. The first-order valence-corrected chi connectivity index (χ1v) is 8.85. The Morgan fingerprint density at radius 3 is 3.04 bits per heavy atom. The topological polar surface area (TPSA) is 79.2 Å². The molecule has 0 bridgehead atoms. The van der Waals surface area contributed by atoms with Crippen LogP contribution in [0, 0.1) is 0 Å². The Balaban J connectivity index is 1.54. The maximum Gasteiger partial charge on any atom is 0.275 e. The van der Waals surface area contributed by atoms with E-state index < -0.39 is 0 Å². The summed E-state index contributed by atoms with van der Waals surface area (Å²) in [7, 11) is 0. The van der Waals surface area contributed by atoms with Crippen molar-refractivity contribution in [2.75, 3.05) is 6.54 Å². The van der Waals surface area contributed by atoms with Crippen LogP contribution in [-0.2, 0) is 0 Å². The fraction of sp³-hybridized carbons (Fsp3) is 0.263. The van der Waals surface area contributed by atoms with Crippen molar-refractivity contribution in [1.29, 1.82) is 0 Å². The van der Waals surface area contributed by atoms with Crippen molar-refractivity contribution in [1.82, 2.24) is 29.5 Å². The van der Waals surface area contributed by atoms with Crippen LogP contribution in [-0.4, -0.2) is 41.9 Å². The highest BCUT2D eigenvalue weighted by Gasteiger charge is 2.31. The molecule has 0 spiro atoms. The second-order valence-corrected chi connectivity index (χ2v) is 6.61. The van der Waals surface area contributed by atoms with Gasteiger partial charge < -0.3 is 4.90 Å². The predicted octanol–water partition coefficient (Wildman–Crippen LogP) is 2.97. The summed E-state index contributed by atoms with van der Waals surface area (Å²) in [5.41, 5.74) is 2.24. The number of carbonyl (C=O) groups is 1. The van der Waals surface area contributed by atoms with E-state index in [0.717, 1.165) is 35.9 Å². The van der Waals surface area contributed by atoms with Gasteiger partial charge in [0.1, 0.15) is 0 Å². The number of likely N-dealkylation sites (tertiary alicyclic amines) is 1.